The molecule has 0 spiro atoms. The van der Waals surface area contributed by atoms with Gasteiger partial charge in [-0.15, -0.1) is 0 Å². The maximum Gasteiger partial charge on any atom is 0.239 e. The van der Waals surface area contributed by atoms with Gasteiger partial charge in [-0.05, 0) is 53.8 Å². The largest absolute Gasteiger partial charge is 0.298 e. The third-order valence-electron chi connectivity index (χ3n) is 8.30. The molecule has 3 aliphatic rings. The molecule has 2 aliphatic carbocycles. The van der Waals surface area contributed by atoms with Gasteiger partial charge in [-0.1, -0.05) is 85.3 Å². The molecule has 5 heteroatoms. The molecule has 6 rings (SSSR count). The van der Waals surface area contributed by atoms with E-state index in [0.717, 1.165) is 22.3 Å². The zero-order chi connectivity index (χ0) is 24.5. The lowest BCUT2D eigenvalue weighted by molar-refractivity contribution is -0.134. The molecule has 0 aromatic heterocycles. The Labute approximate surface area is 209 Å². The molecule has 4 atom stereocenters. The standard InChI is InChI=1S/C30H24ClNO3/c1-3-30-23(19-13-8-5-9-14-19)22(18-11-6-4-7-12-18)29(2,28(30)35)24-25(30)27(34)32(26(24)33)21-16-10-15-20(31)17-21/h4-17,24-25H,3H2,1-2H3. The van der Waals surface area contributed by atoms with E-state index in [1.54, 1.807) is 24.3 Å². The Morgan fingerprint density at radius 3 is 1.91 bits per heavy atom. The van der Waals surface area contributed by atoms with Gasteiger partial charge < -0.3 is 0 Å². The number of anilines is 1. The van der Waals surface area contributed by atoms with E-state index in [9.17, 15) is 14.4 Å². The number of carbonyl (C=O) groups is 3. The van der Waals surface area contributed by atoms with Crippen LogP contribution in [0.25, 0.3) is 11.1 Å². The number of benzene rings is 3. The third-order valence-corrected chi connectivity index (χ3v) is 8.54. The SMILES string of the molecule is CCC12C(=O)C(C)(C(c3ccccc3)=C1c1ccccc1)C1C(=O)N(c3cccc(Cl)c3)C(=O)C12. The average molecular weight is 482 g/mol. The van der Waals surface area contributed by atoms with Gasteiger partial charge in [0.2, 0.25) is 11.8 Å². The number of hydrogen-bond donors (Lipinski definition) is 0. The Morgan fingerprint density at radius 1 is 0.771 bits per heavy atom. The number of imide groups is 1. The first kappa shape index (κ1) is 22.0. The van der Waals surface area contributed by atoms with Crippen molar-refractivity contribution in [3.63, 3.8) is 0 Å². The van der Waals surface area contributed by atoms with Crippen molar-refractivity contribution in [2.24, 2.45) is 22.7 Å². The lowest BCUT2D eigenvalue weighted by Gasteiger charge is -2.37. The van der Waals surface area contributed by atoms with E-state index in [-0.39, 0.29) is 17.6 Å². The van der Waals surface area contributed by atoms with Crippen LogP contribution in [0, 0.1) is 22.7 Å². The fourth-order valence-corrected chi connectivity index (χ4v) is 7.18. The van der Waals surface area contributed by atoms with Crippen molar-refractivity contribution in [3.05, 3.63) is 101 Å². The molecule has 174 valence electrons. The maximum absolute atomic E-state index is 14.4. The summed E-state index contributed by atoms with van der Waals surface area (Å²) in [5.74, 6) is -2.17. The number of carbonyl (C=O) groups excluding carboxylic acids is 3. The number of allylic oxidation sites excluding steroid dienone is 2. The molecule has 4 unspecified atom stereocenters. The van der Waals surface area contributed by atoms with E-state index in [4.69, 9.17) is 11.6 Å². The van der Waals surface area contributed by atoms with Crippen molar-refractivity contribution in [3.8, 4) is 0 Å². The van der Waals surface area contributed by atoms with Crippen molar-refractivity contribution in [1.29, 1.82) is 0 Å². The van der Waals surface area contributed by atoms with Crippen LogP contribution < -0.4 is 4.90 Å². The van der Waals surface area contributed by atoms with E-state index in [1.165, 1.54) is 4.90 Å². The summed E-state index contributed by atoms with van der Waals surface area (Å²) in [5.41, 5.74) is 1.84. The van der Waals surface area contributed by atoms with Gasteiger partial charge in [0.15, 0.2) is 5.78 Å². The lowest BCUT2D eigenvalue weighted by atomic mass is 9.62. The van der Waals surface area contributed by atoms with Crippen molar-refractivity contribution >= 4 is 46.0 Å². The topological polar surface area (TPSA) is 54.5 Å². The summed E-state index contributed by atoms with van der Waals surface area (Å²) in [6, 6.07) is 26.4. The summed E-state index contributed by atoms with van der Waals surface area (Å²) in [6.45, 7) is 3.83. The molecule has 2 bridgehead atoms. The van der Waals surface area contributed by atoms with E-state index < -0.39 is 22.7 Å². The molecule has 0 N–H and O–H groups in total. The van der Waals surface area contributed by atoms with E-state index in [1.807, 2.05) is 74.5 Å². The predicted molar refractivity (Wildman–Crippen MR) is 136 cm³/mol. The van der Waals surface area contributed by atoms with Crippen LogP contribution in [-0.4, -0.2) is 17.6 Å². The molecule has 3 aromatic carbocycles. The van der Waals surface area contributed by atoms with Gasteiger partial charge in [-0.25, -0.2) is 4.90 Å². The highest BCUT2D eigenvalue weighted by Gasteiger charge is 2.79. The molecule has 0 radical (unpaired) electrons. The summed E-state index contributed by atoms with van der Waals surface area (Å²) in [6.07, 6.45) is 0.436. The molecule has 2 fully saturated rings. The fraction of sp³-hybridized carbons (Fsp3) is 0.233. The van der Waals surface area contributed by atoms with Crippen molar-refractivity contribution < 1.29 is 14.4 Å². The van der Waals surface area contributed by atoms with Crippen molar-refractivity contribution in [1.82, 2.24) is 0 Å². The van der Waals surface area contributed by atoms with Crippen LogP contribution in [-0.2, 0) is 14.4 Å². The van der Waals surface area contributed by atoms with Crippen molar-refractivity contribution in [2.75, 3.05) is 4.90 Å². The van der Waals surface area contributed by atoms with Crippen LogP contribution in [0.2, 0.25) is 5.02 Å². The minimum atomic E-state index is -1.12. The second kappa shape index (κ2) is 7.50. The second-order valence-electron chi connectivity index (χ2n) is 9.79. The van der Waals surface area contributed by atoms with Crippen LogP contribution in [0.4, 0.5) is 5.69 Å². The summed E-state index contributed by atoms with van der Waals surface area (Å²) in [7, 11) is 0. The highest BCUT2D eigenvalue weighted by atomic mass is 35.5. The molecule has 1 aliphatic heterocycles. The number of amides is 2. The predicted octanol–water partition coefficient (Wildman–Crippen LogP) is 6.06. The molecule has 1 saturated carbocycles. The van der Waals surface area contributed by atoms with Crippen LogP contribution in [0.15, 0.2) is 84.9 Å². The molecule has 3 aromatic rings. The number of halogens is 1. The highest BCUT2D eigenvalue weighted by Crippen LogP contribution is 2.74. The minimum absolute atomic E-state index is 0.0207. The van der Waals surface area contributed by atoms with Gasteiger partial charge in [0.05, 0.1) is 28.4 Å². The van der Waals surface area contributed by atoms with Gasteiger partial charge >= 0.3 is 0 Å². The third kappa shape index (κ3) is 2.61. The minimum Gasteiger partial charge on any atom is -0.298 e. The Hall–Kier alpha value is -3.50. The number of hydrogen-bond acceptors (Lipinski definition) is 3. The smallest absolute Gasteiger partial charge is 0.239 e. The maximum atomic E-state index is 14.4. The number of rotatable bonds is 4. The lowest BCUT2D eigenvalue weighted by Crippen LogP contribution is -2.41. The summed E-state index contributed by atoms with van der Waals surface area (Å²) < 4.78 is 0. The zero-order valence-electron chi connectivity index (χ0n) is 19.5. The normalized spacial score (nSPS) is 29.3. The van der Waals surface area contributed by atoms with Gasteiger partial charge in [0.1, 0.15) is 0 Å². The molecule has 1 heterocycles. The first-order chi connectivity index (χ1) is 16.9. The molecule has 1 saturated heterocycles. The number of Topliss-reactive ketones (excluding diaryl/α,β-unsaturated/α-hetero) is 1. The number of nitrogens with zero attached hydrogens (tertiary/aromatic N) is 1. The van der Waals surface area contributed by atoms with Gasteiger partial charge in [-0.3, -0.25) is 14.4 Å². The Bertz CT molecular complexity index is 1430. The first-order valence-electron chi connectivity index (χ1n) is 11.9. The second-order valence-corrected chi connectivity index (χ2v) is 10.2. The van der Waals surface area contributed by atoms with Gasteiger partial charge in [0, 0.05) is 5.02 Å². The molecule has 35 heavy (non-hydrogen) atoms. The van der Waals surface area contributed by atoms with E-state index >= 15 is 0 Å². The molecule has 2 amide bonds. The number of ketones is 1. The average Bonchev–Trinajstić information content (AvgIpc) is 3.35. The van der Waals surface area contributed by atoms with Crippen LogP contribution in [0.3, 0.4) is 0 Å². The quantitative estimate of drug-likeness (QED) is 0.426. The van der Waals surface area contributed by atoms with Gasteiger partial charge in [0.25, 0.3) is 0 Å². The highest BCUT2D eigenvalue weighted by molar-refractivity contribution is 6.35. The molecular formula is C30H24ClNO3. The summed E-state index contributed by atoms with van der Waals surface area (Å²) in [4.78, 5) is 43.8. The van der Waals surface area contributed by atoms with E-state index in [0.29, 0.717) is 17.1 Å². The van der Waals surface area contributed by atoms with Gasteiger partial charge in [-0.2, -0.15) is 0 Å². The monoisotopic (exact) mass is 481 g/mol. The van der Waals surface area contributed by atoms with E-state index in [2.05, 4.69) is 0 Å². The van der Waals surface area contributed by atoms with Crippen LogP contribution in [0.5, 0.6) is 0 Å². The van der Waals surface area contributed by atoms with Crippen LogP contribution >= 0.6 is 11.6 Å². The van der Waals surface area contributed by atoms with Crippen LogP contribution in [0.1, 0.15) is 31.4 Å². The Balaban J connectivity index is 1.65. The summed E-state index contributed by atoms with van der Waals surface area (Å²) >= 11 is 6.21. The number of fused-ring (bicyclic) bond motifs is 5. The Kier molecular flexibility index (Phi) is 4.71. The molecule has 4 nitrogen and oxygen atoms in total. The molecular weight excluding hydrogens is 458 g/mol. The van der Waals surface area contributed by atoms with Crippen molar-refractivity contribution in [2.45, 2.75) is 20.3 Å². The fourth-order valence-electron chi connectivity index (χ4n) is 7.00. The summed E-state index contributed by atoms with van der Waals surface area (Å²) in [5, 5.41) is 0.448. The Morgan fingerprint density at radius 2 is 1.34 bits per heavy atom. The first-order valence-corrected chi connectivity index (χ1v) is 12.3. The zero-order valence-corrected chi connectivity index (χ0v) is 20.3.